The molecule has 0 radical (unpaired) electrons. The number of rotatable bonds is 33. The van der Waals surface area contributed by atoms with E-state index < -0.39 is 32.5 Å². The van der Waals surface area contributed by atoms with Crippen molar-refractivity contribution in [3.63, 3.8) is 0 Å². The molecule has 0 aliphatic heterocycles. The van der Waals surface area contributed by atoms with Crippen LogP contribution in [0.4, 0.5) is 0 Å². The van der Waals surface area contributed by atoms with Gasteiger partial charge in [-0.05, 0) is 44.9 Å². The van der Waals surface area contributed by atoms with Gasteiger partial charge in [-0.3, -0.25) is 14.2 Å². The smallest absolute Gasteiger partial charge is 0.306 e. The Morgan fingerprint density at radius 1 is 0.667 bits per heavy atom. The predicted octanol–water partition coefficient (Wildman–Crippen LogP) is 9.16. The molecule has 9 nitrogen and oxygen atoms in total. The number of carbonyl (C=O) groups is 2. The molecule has 0 fully saturated rings. The molecule has 0 heterocycles. The number of unbranched alkanes of at least 4 members (excludes halogenated alkanes) is 13. The fraction of sp³-hybridized carbons (Fsp3) is 0.789. The van der Waals surface area contributed by atoms with E-state index in [9.17, 15) is 19.0 Å². The first-order chi connectivity index (χ1) is 23.0. The summed E-state index contributed by atoms with van der Waals surface area (Å²) < 4.78 is 33.7. The molecule has 0 aromatic heterocycles. The van der Waals surface area contributed by atoms with E-state index in [1.54, 1.807) is 0 Å². The van der Waals surface area contributed by atoms with Crippen LogP contribution in [-0.2, 0) is 32.7 Å². The number of likely N-dealkylation sites (N-methyl/N-ethyl adjacent to an activating group) is 1. The standard InChI is InChI=1S/C38H70NO8P/c1-6-8-10-12-14-16-17-18-19-20-21-23-25-27-29-31-38(41)47-36(35-46-48(42,43)45-33-32-39(3,4)5)34-44-37(40)30-28-26-24-22-15-13-11-9-7-2/h8,10,14,16,18-19,36H,6-7,9,11-13,15,17,20-35H2,1-5H3/b10-8+,16-14+,19-18+/t36-/m1/s1. The van der Waals surface area contributed by atoms with Crippen molar-refractivity contribution in [2.24, 2.45) is 0 Å². The van der Waals surface area contributed by atoms with Crippen LogP contribution in [0.25, 0.3) is 0 Å². The Balaban J connectivity index is 4.47. The lowest BCUT2D eigenvalue weighted by Crippen LogP contribution is -2.37. The molecule has 0 amide bonds. The summed E-state index contributed by atoms with van der Waals surface area (Å²) in [5.41, 5.74) is 0. The van der Waals surface area contributed by atoms with Gasteiger partial charge >= 0.3 is 11.9 Å². The van der Waals surface area contributed by atoms with Crippen molar-refractivity contribution in [2.45, 2.75) is 148 Å². The van der Waals surface area contributed by atoms with E-state index in [1.807, 2.05) is 21.1 Å². The summed E-state index contributed by atoms with van der Waals surface area (Å²) in [6, 6.07) is 0. The van der Waals surface area contributed by atoms with Gasteiger partial charge in [-0.25, -0.2) is 0 Å². The summed E-state index contributed by atoms with van der Waals surface area (Å²) >= 11 is 0. The lowest BCUT2D eigenvalue weighted by molar-refractivity contribution is -0.870. The first-order valence-corrected chi connectivity index (χ1v) is 20.2. The summed E-state index contributed by atoms with van der Waals surface area (Å²) in [5, 5.41) is 0. The molecule has 0 aliphatic carbocycles. The molecule has 0 saturated heterocycles. The monoisotopic (exact) mass is 699 g/mol. The summed E-state index contributed by atoms with van der Waals surface area (Å²) in [5.74, 6) is -0.860. The second kappa shape index (κ2) is 31.2. The van der Waals surface area contributed by atoms with Crippen molar-refractivity contribution in [1.82, 2.24) is 0 Å². The maximum absolute atomic E-state index is 12.6. The number of allylic oxidation sites excluding steroid dienone is 6. The van der Waals surface area contributed by atoms with Crippen molar-refractivity contribution in [3.8, 4) is 0 Å². The van der Waals surface area contributed by atoms with E-state index in [2.05, 4.69) is 50.3 Å². The summed E-state index contributed by atoms with van der Waals surface area (Å²) in [4.78, 5) is 37.2. The van der Waals surface area contributed by atoms with E-state index >= 15 is 0 Å². The van der Waals surface area contributed by atoms with Crippen LogP contribution in [0.15, 0.2) is 36.5 Å². The SMILES string of the molecule is CC/C=C/C/C=C/C/C=C/CCCCCCCC(=O)O[C@H](COC(=O)CCCCCCCCCCC)COP(=O)([O-])OCC[N+](C)(C)C. The van der Waals surface area contributed by atoms with E-state index in [0.29, 0.717) is 17.4 Å². The van der Waals surface area contributed by atoms with Crippen LogP contribution in [0.5, 0.6) is 0 Å². The Morgan fingerprint density at radius 2 is 1.19 bits per heavy atom. The average molecular weight is 700 g/mol. The first kappa shape index (κ1) is 46.2. The van der Waals surface area contributed by atoms with Gasteiger partial charge in [0.25, 0.3) is 7.82 Å². The van der Waals surface area contributed by atoms with Gasteiger partial charge in [0, 0.05) is 12.8 Å². The molecule has 48 heavy (non-hydrogen) atoms. The topological polar surface area (TPSA) is 111 Å². The second-order valence-corrected chi connectivity index (χ2v) is 15.0. The van der Waals surface area contributed by atoms with Gasteiger partial charge in [-0.1, -0.05) is 121 Å². The minimum absolute atomic E-state index is 0.0344. The average Bonchev–Trinajstić information content (AvgIpc) is 3.02. The zero-order valence-electron chi connectivity index (χ0n) is 31.2. The van der Waals surface area contributed by atoms with Crippen LogP contribution in [-0.4, -0.2) is 70.0 Å². The van der Waals surface area contributed by atoms with Gasteiger partial charge in [0.15, 0.2) is 6.10 Å². The Kier molecular flexibility index (Phi) is 30.1. The summed E-state index contributed by atoms with van der Waals surface area (Å²) in [6.45, 7) is 4.04. The molecule has 0 aromatic carbocycles. The number of phosphoric ester groups is 1. The predicted molar refractivity (Wildman–Crippen MR) is 194 cm³/mol. The Bertz CT molecular complexity index is 928. The highest BCUT2D eigenvalue weighted by atomic mass is 31.2. The van der Waals surface area contributed by atoms with Crippen molar-refractivity contribution >= 4 is 19.8 Å². The molecule has 2 atom stereocenters. The van der Waals surface area contributed by atoms with Crippen LogP contribution in [0.3, 0.4) is 0 Å². The van der Waals surface area contributed by atoms with Gasteiger partial charge in [-0.2, -0.15) is 0 Å². The third-order valence-corrected chi connectivity index (χ3v) is 8.64. The molecular weight excluding hydrogens is 629 g/mol. The van der Waals surface area contributed by atoms with Crippen molar-refractivity contribution < 1.29 is 42.1 Å². The quantitative estimate of drug-likeness (QED) is 0.0219. The van der Waals surface area contributed by atoms with Gasteiger partial charge in [-0.15, -0.1) is 0 Å². The molecule has 0 aliphatic rings. The van der Waals surface area contributed by atoms with Crippen LogP contribution < -0.4 is 4.89 Å². The van der Waals surface area contributed by atoms with E-state index in [-0.39, 0.29) is 26.1 Å². The van der Waals surface area contributed by atoms with E-state index in [1.165, 1.54) is 38.5 Å². The minimum Gasteiger partial charge on any atom is -0.756 e. The molecule has 0 aromatic rings. The number of hydrogen-bond acceptors (Lipinski definition) is 8. The zero-order valence-corrected chi connectivity index (χ0v) is 32.1. The van der Waals surface area contributed by atoms with Crippen LogP contribution in [0, 0.1) is 0 Å². The van der Waals surface area contributed by atoms with Crippen LogP contribution in [0.2, 0.25) is 0 Å². The molecule has 1 unspecified atom stereocenters. The first-order valence-electron chi connectivity index (χ1n) is 18.7. The van der Waals surface area contributed by atoms with Gasteiger partial charge in [0.05, 0.1) is 27.7 Å². The Hall–Kier alpha value is -1.77. The van der Waals surface area contributed by atoms with Crippen molar-refractivity contribution in [2.75, 3.05) is 47.5 Å². The molecule has 0 rings (SSSR count). The molecule has 0 spiro atoms. The van der Waals surface area contributed by atoms with E-state index in [4.69, 9.17) is 18.5 Å². The third kappa shape index (κ3) is 34.1. The highest BCUT2D eigenvalue weighted by Gasteiger charge is 2.21. The highest BCUT2D eigenvalue weighted by molar-refractivity contribution is 7.45. The lowest BCUT2D eigenvalue weighted by Gasteiger charge is -2.28. The normalized spacial score (nSPS) is 14.2. The zero-order chi connectivity index (χ0) is 35.8. The Labute approximate surface area is 293 Å². The molecule has 280 valence electrons. The molecule has 10 heteroatoms. The number of esters is 2. The maximum Gasteiger partial charge on any atom is 0.306 e. The van der Waals surface area contributed by atoms with Crippen LogP contribution >= 0.6 is 7.82 Å². The summed E-state index contributed by atoms with van der Waals surface area (Å²) in [6.07, 6.45) is 31.8. The number of ether oxygens (including phenoxy) is 2. The number of quaternary nitrogens is 1. The van der Waals surface area contributed by atoms with Crippen LogP contribution in [0.1, 0.15) is 142 Å². The third-order valence-electron chi connectivity index (χ3n) is 7.67. The maximum atomic E-state index is 12.6. The minimum atomic E-state index is -4.62. The van der Waals surface area contributed by atoms with Crippen molar-refractivity contribution in [1.29, 1.82) is 0 Å². The lowest BCUT2D eigenvalue weighted by atomic mass is 10.1. The molecule has 0 bridgehead atoms. The number of carbonyl (C=O) groups excluding carboxylic acids is 2. The van der Waals surface area contributed by atoms with Gasteiger partial charge < -0.3 is 27.9 Å². The molecule has 0 saturated carbocycles. The largest absolute Gasteiger partial charge is 0.756 e. The number of phosphoric acid groups is 1. The summed E-state index contributed by atoms with van der Waals surface area (Å²) in [7, 11) is 1.15. The number of hydrogen-bond donors (Lipinski definition) is 0. The Morgan fingerprint density at radius 3 is 1.77 bits per heavy atom. The number of nitrogens with zero attached hydrogens (tertiary/aromatic N) is 1. The fourth-order valence-electron chi connectivity index (χ4n) is 4.73. The molecular formula is C38H70NO8P. The fourth-order valence-corrected chi connectivity index (χ4v) is 5.45. The van der Waals surface area contributed by atoms with E-state index in [0.717, 1.165) is 70.6 Å². The second-order valence-electron chi connectivity index (χ2n) is 13.6. The van der Waals surface area contributed by atoms with Gasteiger partial charge in [0.2, 0.25) is 0 Å². The van der Waals surface area contributed by atoms with Gasteiger partial charge in [0.1, 0.15) is 19.8 Å². The van der Waals surface area contributed by atoms with Crippen molar-refractivity contribution in [3.05, 3.63) is 36.5 Å². The molecule has 0 N–H and O–H groups in total. The highest BCUT2D eigenvalue weighted by Crippen LogP contribution is 2.38.